The molecule has 0 bridgehead atoms. The zero-order valence-corrected chi connectivity index (χ0v) is 15.9. The van der Waals surface area contributed by atoms with E-state index in [1.807, 2.05) is 29.6 Å². The number of benzene rings is 2. The number of amides is 2. The zero-order valence-electron chi connectivity index (χ0n) is 14.4. The number of thiophene rings is 1. The van der Waals surface area contributed by atoms with E-state index >= 15 is 0 Å². The van der Waals surface area contributed by atoms with E-state index in [1.165, 1.54) is 24.5 Å². The van der Waals surface area contributed by atoms with Gasteiger partial charge in [-0.1, -0.05) is 29.8 Å². The van der Waals surface area contributed by atoms with Gasteiger partial charge in [0.1, 0.15) is 5.75 Å². The van der Waals surface area contributed by atoms with Gasteiger partial charge in [-0.3, -0.25) is 9.59 Å². The third-order valence-corrected chi connectivity index (χ3v) is 5.16. The lowest BCUT2D eigenvalue weighted by atomic mass is 10.1. The van der Waals surface area contributed by atoms with E-state index in [-0.39, 0.29) is 12.2 Å². The first kappa shape index (κ1) is 19.2. The Kier molecular flexibility index (Phi) is 5.95. The van der Waals surface area contributed by atoms with Crippen LogP contribution in [0.2, 0.25) is 5.02 Å². The maximum Gasteiger partial charge on any atom is 0.313 e. The average Bonchev–Trinajstić information content (AvgIpc) is 3.10. The van der Waals surface area contributed by atoms with E-state index in [0.29, 0.717) is 16.3 Å². The number of fused-ring (bicyclic) bond motifs is 1. The second-order valence-electron chi connectivity index (χ2n) is 5.71. The highest BCUT2D eigenvalue weighted by Crippen LogP contribution is 2.30. The Morgan fingerprint density at radius 2 is 2.00 bits per heavy atom. The van der Waals surface area contributed by atoms with Crippen molar-refractivity contribution < 1.29 is 19.4 Å². The number of aliphatic hydroxyl groups is 1. The maximum atomic E-state index is 12.1. The number of hydrogen-bond donors (Lipinski definition) is 3. The summed E-state index contributed by atoms with van der Waals surface area (Å²) in [4.78, 5) is 24.2. The molecule has 8 heteroatoms. The third kappa shape index (κ3) is 4.39. The second kappa shape index (κ2) is 8.39. The van der Waals surface area contributed by atoms with Crippen molar-refractivity contribution in [2.45, 2.75) is 6.10 Å². The number of aliphatic hydroxyl groups excluding tert-OH is 1. The predicted molar refractivity (Wildman–Crippen MR) is 106 cm³/mol. The van der Waals surface area contributed by atoms with Gasteiger partial charge < -0.3 is 20.5 Å². The van der Waals surface area contributed by atoms with Crippen LogP contribution in [-0.4, -0.2) is 30.6 Å². The van der Waals surface area contributed by atoms with Gasteiger partial charge in [0, 0.05) is 21.8 Å². The lowest BCUT2D eigenvalue weighted by Crippen LogP contribution is -2.37. The molecule has 1 heterocycles. The molecule has 3 aromatic rings. The molecule has 1 atom stereocenters. The molecule has 0 spiro atoms. The Morgan fingerprint density at radius 3 is 2.78 bits per heavy atom. The van der Waals surface area contributed by atoms with Crippen molar-refractivity contribution >= 4 is 50.5 Å². The fourth-order valence-corrected chi connectivity index (χ4v) is 3.77. The second-order valence-corrected chi connectivity index (χ2v) is 7.06. The summed E-state index contributed by atoms with van der Waals surface area (Å²) in [6, 6.07) is 12.3. The minimum Gasteiger partial charge on any atom is -0.495 e. The predicted octanol–water partition coefficient (Wildman–Crippen LogP) is 3.35. The van der Waals surface area contributed by atoms with Gasteiger partial charge in [0.2, 0.25) is 0 Å². The van der Waals surface area contributed by atoms with Gasteiger partial charge >= 0.3 is 11.8 Å². The number of nitrogens with one attached hydrogen (secondary N) is 2. The first-order valence-corrected chi connectivity index (χ1v) is 9.32. The van der Waals surface area contributed by atoms with Crippen LogP contribution in [0.3, 0.4) is 0 Å². The van der Waals surface area contributed by atoms with Gasteiger partial charge in [-0.25, -0.2) is 0 Å². The van der Waals surface area contributed by atoms with Gasteiger partial charge in [-0.05, 0) is 35.0 Å². The Bertz CT molecular complexity index is 989. The van der Waals surface area contributed by atoms with E-state index in [1.54, 1.807) is 12.1 Å². The van der Waals surface area contributed by atoms with Crippen LogP contribution in [0.25, 0.3) is 10.1 Å². The van der Waals surface area contributed by atoms with Crippen molar-refractivity contribution in [3.8, 4) is 5.75 Å². The molecule has 6 nitrogen and oxygen atoms in total. The number of rotatable bonds is 5. The Hall–Kier alpha value is -2.61. The van der Waals surface area contributed by atoms with E-state index < -0.39 is 17.9 Å². The summed E-state index contributed by atoms with van der Waals surface area (Å²) in [5.41, 5.74) is 1.00. The lowest BCUT2D eigenvalue weighted by Gasteiger charge is -2.13. The fourth-order valence-electron chi connectivity index (χ4n) is 2.59. The van der Waals surface area contributed by atoms with Crippen molar-refractivity contribution in [1.82, 2.24) is 5.32 Å². The molecule has 0 radical (unpaired) electrons. The summed E-state index contributed by atoms with van der Waals surface area (Å²) in [6.45, 7) is -0.0837. The van der Waals surface area contributed by atoms with Crippen molar-refractivity contribution in [3.63, 3.8) is 0 Å². The third-order valence-electron chi connectivity index (χ3n) is 3.94. The molecule has 140 valence electrons. The highest BCUT2D eigenvalue weighted by Gasteiger charge is 2.19. The van der Waals surface area contributed by atoms with Crippen LogP contribution in [0, 0.1) is 0 Å². The normalized spacial score (nSPS) is 11.8. The summed E-state index contributed by atoms with van der Waals surface area (Å²) in [5.74, 6) is -1.36. The number of halogens is 1. The number of hydrogen-bond acceptors (Lipinski definition) is 5. The van der Waals surface area contributed by atoms with E-state index in [2.05, 4.69) is 10.6 Å². The van der Waals surface area contributed by atoms with Crippen molar-refractivity contribution in [2.75, 3.05) is 19.0 Å². The number of carbonyl (C=O) groups excluding carboxylic acids is 2. The standard InChI is InChI=1S/C19H17ClN2O4S/c1-26-16-7-6-11(20)8-14(16)22-19(25)18(24)21-9-15(23)13-10-27-17-5-3-2-4-12(13)17/h2-8,10,15,23H,9H2,1H3,(H,21,24)(H,22,25). The smallest absolute Gasteiger partial charge is 0.313 e. The Morgan fingerprint density at radius 1 is 1.22 bits per heavy atom. The van der Waals surface area contributed by atoms with Gasteiger partial charge in [-0.15, -0.1) is 11.3 Å². The largest absolute Gasteiger partial charge is 0.495 e. The monoisotopic (exact) mass is 404 g/mol. The first-order valence-electron chi connectivity index (χ1n) is 8.06. The van der Waals surface area contributed by atoms with E-state index in [0.717, 1.165) is 10.1 Å². The van der Waals surface area contributed by atoms with Crippen molar-refractivity contribution in [1.29, 1.82) is 0 Å². The molecular weight excluding hydrogens is 388 g/mol. The van der Waals surface area contributed by atoms with E-state index in [4.69, 9.17) is 16.3 Å². The lowest BCUT2D eigenvalue weighted by molar-refractivity contribution is -0.136. The topological polar surface area (TPSA) is 87.7 Å². The molecule has 0 aliphatic heterocycles. The van der Waals surface area contributed by atoms with E-state index in [9.17, 15) is 14.7 Å². The molecular formula is C19H17ClN2O4S. The molecule has 2 aromatic carbocycles. The number of ether oxygens (including phenoxy) is 1. The molecule has 1 aromatic heterocycles. The Labute approximate surface area is 164 Å². The fraction of sp³-hybridized carbons (Fsp3) is 0.158. The molecule has 0 saturated heterocycles. The van der Waals surface area contributed by atoms with Crippen LogP contribution in [0.4, 0.5) is 5.69 Å². The molecule has 2 amide bonds. The summed E-state index contributed by atoms with van der Waals surface area (Å²) in [5, 5.41) is 18.4. The molecule has 3 N–H and O–H groups in total. The number of carbonyl (C=O) groups is 2. The molecule has 0 aliphatic rings. The summed E-state index contributed by atoms with van der Waals surface area (Å²) < 4.78 is 6.17. The average molecular weight is 405 g/mol. The Balaban J connectivity index is 1.62. The highest BCUT2D eigenvalue weighted by molar-refractivity contribution is 7.17. The summed E-state index contributed by atoms with van der Waals surface area (Å²) in [6.07, 6.45) is -0.918. The summed E-state index contributed by atoms with van der Waals surface area (Å²) >= 11 is 7.42. The highest BCUT2D eigenvalue weighted by atomic mass is 35.5. The van der Waals surface area contributed by atoms with Crippen molar-refractivity contribution in [2.24, 2.45) is 0 Å². The molecule has 0 fully saturated rings. The minimum absolute atomic E-state index is 0.0837. The quantitative estimate of drug-likeness (QED) is 0.569. The van der Waals surface area contributed by atoms with Crippen LogP contribution in [0.1, 0.15) is 11.7 Å². The zero-order chi connectivity index (χ0) is 19.4. The SMILES string of the molecule is COc1ccc(Cl)cc1NC(=O)C(=O)NCC(O)c1csc2ccccc12. The number of methoxy groups -OCH3 is 1. The van der Waals surface area contributed by atoms with Crippen LogP contribution in [-0.2, 0) is 9.59 Å². The van der Waals surface area contributed by atoms with Crippen LogP contribution < -0.4 is 15.4 Å². The van der Waals surface area contributed by atoms with Crippen LogP contribution in [0.5, 0.6) is 5.75 Å². The minimum atomic E-state index is -0.918. The van der Waals surface area contributed by atoms with Crippen LogP contribution in [0.15, 0.2) is 47.8 Å². The van der Waals surface area contributed by atoms with Gasteiger partial charge in [-0.2, -0.15) is 0 Å². The summed E-state index contributed by atoms with van der Waals surface area (Å²) in [7, 11) is 1.44. The molecule has 0 saturated carbocycles. The van der Waals surface area contributed by atoms with Crippen molar-refractivity contribution in [3.05, 3.63) is 58.4 Å². The molecule has 3 rings (SSSR count). The van der Waals surface area contributed by atoms with Crippen LogP contribution >= 0.6 is 22.9 Å². The molecule has 0 aliphatic carbocycles. The van der Waals surface area contributed by atoms with Gasteiger partial charge in [0.15, 0.2) is 0 Å². The van der Waals surface area contributed by atoms with Gasteiger partial charge in [0.25, 0.3) is 0 Å². The number of anilines is 1. The maximum absolute atomic E-state index is 12.1. The molecule has 27 heavy (non-hydrogen) atoms. The van der Waals surface area contributed by atoms with Gasteiger partial charge in [0.05, 0.1) is 18.9 Å². The molecule has 1 unspecified atom stereocenters. The first-order chi connectivity index (χ1) is 13.0.